The minimum Gasteiger partial charge on any atom is -0.389 e. The summed E-state index contributed by atoms with van der Waals surface area (Å²) in [6.07, 6.45) is -1.04. The average molecular weight is 376 g/mol. The lowest BCUT2D eigenvalue weighted by Gasteiger charge is -2.26. The first kappa shape index (κ1) is 20.3. The first-order chi connectivity index (χ1) is 13.5. The second kappa shape index (κ2) is 9.16. The topological polar surface area (TPSA) is 55.5 Å². The van der Waals surface area contributed by atoms with Crippen molar-refractivity contribution in [1.29, 1.82) is 0 Å². The van der Waals surface area contributed by atoms with E-state index in [2.05, 4.69) is 19.1 Å². The third kappa shape index (κ3) is 4.68. The standard InChI is InChI=1S/C25H29NO2/c1-17-14-18(2)23(19(3)15-17)24(26)22(27)16-28-25(20-10-6-4-7-11-20)21-12-8-5-9-13-21/h4-15,22,24-25,27H,16,26H2,1-3H3/t22-,24-/m0/s1. The molecule has 28 heavy (non-hydrogen) atoms. The van der Waals surface area contributed by atoms with Crippen molar-refractivity contribution in [2.24, 2.45) is 5.73 Å². The van der Waals surface area contributed by atoms with Crippen LogP contribution in [0.3, 0.4) is 0 Å². The molecule has 0 aliphatic heterocycles. The Balaban J connectivity index is 1.78. The van der Waals surface area contributed by atoms with Crippen molar-refractivity contribution >= 4 is 0 Å². The Kier molecular flexibility index (Phi) is 6.63. The SMILES string of the molecule is Cc1cc(C)c([C@@H](N)[C@@H](O)COC(c2ccccc2)c2ccccc2)c(C)c1. The highest BCUT2D eigenvalue weighted by atomic mass is 16.5. The van der Waals surface area contributed by atoms with Gasteiger partial charge in [-0.1, -0.05) is 78.4 Å². The Labute approximate surface area is 167 Å². The van der Waals surface area contributed by atoms with Gasteiger partial charge in [-0.05, 0) is 48.6 Å². The smallest absolute Gasteiger partial charge is 0.108 e. The van der Waals surface area contributed by atoms with E-state index in [1.165, 1.54) is 5.56 Å². The lowest BCUT2D eigenvalue weighted by molar-refractivity contribution is -0.00475. The fourth-order valence-corrected chi connectivity index (χ4v) is 3.85. The molecule has 0 saturated carbocycles. The van der Waals surface area contributed by atoms with Gasteiger partial charge >= 0.3 is 0 Å². The maximum Gasteiger partial charge on any atom is 0.108 e. The minimum atomic E-state index is -0.796. The summed E-state index contributed by atoms with van der Waals surface area (Å²) in [6.45, 7) is 6.31. The van der Waals surface area contributed by atoms with Crippen LogP contribution in [0.2, 0.25) is 0 Å². The minimum absolute atomic E-state index is 0.155. The summed E-state index contributed by atoms with van der Waals surface area (Å²) in [5.74, 6) is 0. The summed E-state index contributed by atoms with van der Waals surface area (Å²) >= 11 is 0. The Morgan fingerprint density at radius 2 is 1.29 bits per heavy atom. The van der Waals surface area contributed by atoms with E-state index in [0.29, 0.717) is 0 Å². The highest BCUT2D eigenvalue weighted by Gasteiger charge is 2.23. The normalized spacial score (nSPS) is 13.5. The predicted molar refractivity (Wildman–Crippen MR) is 114 cm³/mol. The fraction of sp³-hybridized carbons (Fsp3) is 0.280. The van der Waals surface area contributed by atoms with Gasteiger partial charge in [0.15, 0.2) is 0 Å². The summed E-state index contributed by atoms with van der Waals surface area (Å²) < 4.78 is 6.19. The van der Waals surface area contributed by atoms with Gasteiger partial charge in [-0.25, -0.2) is 0 Å². The molecule has 0 saturated heterocycles. The van der Waals surface area contributed by atoms with Crippen molar-refractivity contribution in [1.82, 2.24) is 0 Å². The van der Waals surface area contributed by atoms with Crippen LogP contribution in [0.15, 0.2) is 72.8 Å². The van der Waals surface area contributed by atoms with Gasteiger partial charge in [-0.2, -0.15) is 0 Å². The second-order valence-electron chi connectivity index (χ2n) is 7.44. The molecule has 0 bridgehead atoms. The lowest BCUT2D eigenvalue weighted by atomic mass is 9.92. The number of hydrogen-bond acceptors (Lipinski definition) is 3. The van der Waals surface area contributed by atoms with Crippen molar-refractivity contribution in [3.8, 4) is 0 Å². The first-order valence-corrected chi connectivity index (χ1v) is 9.70. The molecule has 0 aliphatic carbocycles. The zero-order valence-corrected chi connectivity index (χ0v) is 16.8. The summed E-state index contributed by atoms with van der Waals surface area (Å²) in [6, 6.07) is 23.8. The van der Waals surface area contributed by atoms with Gasteiger partial charge in [0.25, 0.3) is 0 Å². The molecule has 3 heteroatoms. The van der Waals surface area contributed by atoms with Crippen LogP contribution in [0.5, 0.6) is 0 Å². The van der Waals surface area contributed by atoms with E-state index in [1.54, 1.807) is 0 Å². The largest absolute Gasteiger partial charge is 0.389 e. The van der Waals surface area contributed by atoms with Gasteiger partial charge in [-0.15, -0.1) is 0 Å². The van der Waals surface area contributed by atoms with Crippen molar-refractivity contribution in [2.75, 3.05) is 6.61 Å². The molecular weight excluding hydrogens is 346 g/mol. The third-order valence-electron chi connectivity index (χ3n) is 5.12. The molecule has 3 N–H and O–H groups in total. The van der Waals surface area contributed by atoms with Crippen LogP contribution < -0.4 is 5.73 Å². The number of aliphatic hydroxyl groups excluding tert-OH is 1. The highest BCUT2D eigenvalue weighted by Crippen LogP contribution is 2.28. The van der Waals surface area contributed by atoms with E-state index in [9.17, 15) is 5.11 Å². The maximum absolute atomic E-state index is 10.8. The second-order valence-corrected chi connectivity index (χ2v) is 7.44. The van der Waals surface area contributed by atoms with Crippen LogP contribution in [0.4, 0.5) is 0 Å². The number of ether oxygens (including phenoxy) is 1. The summed E-state index contributed by atoms with van der Waals surface area (Å²) in [5, 5.41) is 10.8. The molecule has 3 nitrogen and oxygen atoms in total. The van der Waals surface area contributed by atoms with Gasteiger partial charge in [0.1, 0.15) is 6.10 Å². The molecular formula is C25H29NO2. The van der Waals surface area contributed by atoms with Gasteiger partial charge in [0.05, 0.1) is 18.8 Å². The van der Waals surface area contributed by atoms with Gasteiger partial charge in [0, 0.05) is 0 Å². The average Bonchev–Trinajstić information content (AvgIpc) is 2.68. The Morgan fingerprint density at radius 1 is 0.821 bits per heavy atom. The number of rotatable bonds is 7. The van der Waals surface area contributed by atoms with E-state index in [4.69, 9.17) is 10.5 Å². The summed E-state index contributed by atoms with van der Waals surface area (Å²) in [5.41, 5.74) is 12.9. The van der Waals surface area contributed by atoms with Crippen molar-refractivity contribution in [3.05, 3.63) is 106 Å². The van der Waals surface area contributed by atoms with E-state index in [-0.39, 0.29) is 12.7 Å². The molecule has 0 unspecified atom stereocenters. The Bertz CT molecular complexity index is 830. The van der Waals surface area contributed by atoms with Crippen LogP contribution >= 0.6 is 0 Å². The molecule has 146 valence electrons. The van der Waals surface area contributed by atoms with Gasteiger partial charge in [0.2, 0.25) is 0 Å². The number of hydrogen-bond donors (Lipinski definition) is 2. The van der Waals surface area contributed by atoms with Crippen molar-refractivity contribution in [3.63, 3.8) is 0 Å². The van der Waals surface area contributed by atoms with E-state index in [1.807, 2.05) is 74.5 Å². The van der Waals surface area contributed by atoms with Crippen LogP contribution in [0, 0.1) is 20.8 Å². The van der Waals surface area contributed by atoms with E-state index >= 15 is 0 Å². The van der Waals surface area contributed by atoms with Gasteiger partial charge in [-0.3, -0.25) is 0 Å². The molecule has 0 aliphatic rings. The molecule has 0 amide bonds. The first-order valence-electron chi connectivity index (χ1n) is 9.70. The highest BCUT2D eigenvalue weighted by molar-refractivity contribution is 5.40. The molecule has 0 spiro atoms. The number of aryl methyl sites for hydroxylation is 3. The van der Waals surface area contributed by atoms with Crippen LogP contribution in [0.1, 0.15) is 45.5 Å². The number of benzene rings is 3. The summed E-state index contributed by atoms with van der Waals surface area (Å²) in [4.78, 5) is 0. The zero-order valence-electron chi connectivity index (χ0n) is 16.8. The number of nitrogens with two attached hydrogens (primary N) is 1. The molecule has 0 aromatic heterocycles. The monoisotopic (exact) mass is 375 g/mol. The summed E-state index contributed by atoms with van der Waals surface area (Å²) in [7, 11) is 0. The van der Waals surface area contributed by atoms with Crippen LogP contribution in [-0.4, -0.2) is 17.8 Å². The van der Waals surface area contributed by atoms with Gasteiger partial charge < -0.3 is 15.6 Å². The molecule has 0 heterocycles. The van der Waals surface area contributed by atoms with Crippen LogP contribution in [-0.2, 0) is 4.74 Å². The van der Waals surface area contributed by atoms with E-state index < -0.39 is 12.1 Å². The number of aliphatic hydroxyl groups is 1. The molecule has 2 atom stereocenters. The molecule has 3 aromatic carbocycles. The Morgan fingerprint density at radius 3 is 1.75 bits per heavy atom. The predicted octanol–water partition coefficient (Wildman–Crippen LogP) is 4.78. The Hall–Kier alpha value is -2.46. The lowest BCUT2D eigenvalue weighted by Crippen LogP contribution is -2.32. The molecule has 0 radical (unpaired) electrons. The fourth-order valence-electron chi connectivity index (χ4n) is 3.85. The molecule has 3 rings (SSSR count). The quantitative estimate of drug-likeness (QED) is 0.625. The molecule has 3 aromatic rings. The third-order valence-corrected chi connectivity index (χ3v) is 5.12. The van der Waals surface area contributed by atoms with E-state index in [0.717, 1.165) is 27.8 Å². The maximum atomic E-state index is 10.8. The van der Waals surface area contributed by atoms with Crippen molar-refractivity contribution in [2.45, 2.75) is 39.0 Å². The molecule has 0 fully saturated rings. The van der Waals surface area contributed by atoms with Crippen LogP contribution in [0.25, 0.3) is 0 Å². The zero-order chi connectivity index (χ0) is 20.1. The van der Waals surface area contributed by atoms with Crippen molar-refractivity contribution < 1.29 is 9.84 Å².